The smallest absolute Gasteiger partial charge is 0.242 e. The molecule has 1 saturated heterocycles. The number of rotatable bonds is 2. The number of ether oxygens (including phenoxy) is 2. The Morgan fingerprint density at radius 2 is 2.50 bits per heavy atom. The van der Waals surface area contributed by atoms with Crippen molar-refractivity contribution in [3.05, 3.63) is 12.3 Å². The molecule has 1 aliphatic heterocycles. The molecule has 3 N–H and O–H groups in total. The molecule has 2 aromatic heterocycles. The zero-order valence-electron chi connectivity index (χ0n) is 8.64. The number of anilines is 1. The van der Waals surface area contributed by atoms with E-state index in [1.54, 1.807) is 12.3 Å². The van der Waals surface area contributed by atoms with Crippen LogP contribution in [0.3, 0.4) is 0 Å². The van der Waals surface area contributed by atoms with Gasteiger partial charge >= 0.3 is 0 Å². The maximum absolute atomic E-state index is 5.72. The summed E-state index contributed by atoms with van der Waals surface area (Å²) in [5.41, 5.74) is 6.96. The lowest BCUT2D eigenvalue weighted by Crippen LogP contribution is -2.16. The third-order valence-corrected chi connectivity index (χ3v) is 2.57. The number of nitrogens with zero attached hydrogens (tertiary/aromatic N) is 2. The minimum absolute atomic E-state index is 0.0768. The molecule has 1 atom stereocenters. The van der Waals surface area contributed by atoms with Crippen LogP contribution in [0.2, 0.25) is 0 Å². The van der Waals surface area contributed by atoms with Crippen LogP contribution in [0.15, 0.2) is 12.3 Å². The molecule has 1 fully saturated rings. The van der Waals surface area contributed by atoms with E-state index in [0.717, 1.165) is 18.4 Å². The van der Waals surface area contributed by atoms with Gasteiger partial charge in [-0.2, -0.15) is 0 Å². The topological polar surface area (TPSA) is 86.1 Å². The number of aromatic nitrogens is 3. The zero-order chi connectivity index (χ0) is 11.0. The fourth-order valence-electron chi connectivity index (χ4n) is 1.75. The summed E-state index contributed by atoms with van der Waals surface area (Å²) in [6.45, 7) is 1.36. The van der Waals surface area contributed by atoms with E-state index >= 15 is 0 Å². The van der Waals surface area contributed by atoms with Crippen LogP contribution in [0.5, 0.6) is 5.88 Å². The van der Waals surface area contributed by atoms with Crippen molar-refractivity contribution >= 4 is 16.7 Å². The molecule has 6 nitrogen and oxygen atoms in total. The van der Waals surface area contributed by atoms with Crippen molar-refractivity contribution in [2.75, 3.05) is 18.9 Å². The predicted octanol–water partition coefficient (Wildman–Crippen LogP) is 0.708. The van der Waals surface area contributed by atoms with Gasteiger partial charge in [-0.05, 0) is 6.07 Å². The number of nitrogen functional groups attached to an aromatic ring is 1. The molecule has 84 valence electrons. The quantitative estimate of drug-likeness (QED) is 0.778. The van der Waals surface area contributed by atoms with Crippen molar-refractivity contribution in [1.29, 1.82) is 0 Å². The number of H-pyrrole nitrogens is 1. The Morgan fingerprint density at radius 1 is 1.56 bits per heavy atom. The zero-order valence-corrected chi connectivity index (χ0v) is 8.64. The lowest BCUT2D eigenvalue weighted by Gasteiger charge is -2.08. The minimum Gasteiger partial charge on any atom is -0.470 e. The first-order chi connectivity index (χ1) is 7.83. The molecule has 1 unspecified atom stereocenters. The first-order valence-electron chi connectivity index (χ1n) is 5.17. The SMILES string of the molecule is Nc1cnc2[nH]nc(OC3CCOC3)c2c1. The second-order valence-electron chi connectivity index (χ2n) is 3.80. The molecule has 0 amide bonds. The van der Waals surface area contributed by atoms with Gasteiger partial charge < -0.3 is 15.2 Å². The molecule has 0 aromatic carbocycles. The fourth-order valence-corrected chi connectivity index (χ4v) is 1.75. The van der Waals surface area contributed by atoms with E-state index in [4.69, 9.17) is 15.2 Å². The Labute approximate surface area is 91.8 Å². The monoisotopic (exact) mass is 220 g/mol. The summed E-state index contributed by atoms with van der Waals surface area (Å²) < 4.78 is 11.0. The van der Waals surface area contributed by atoms with E-state index in [0.29, 0.717) is 23.8 Å². The summed E-state index contributed by atoms with van der Waals surface area (Å²) >= 11 is 0. The van der Waals surface area contributed by atoms with Crippen LogP contribution in [0.25, 0.3) is 11.0 Å². The van der Waals surface area contributed by atoms with Crippen molar-refractivity contribution in [3.63, 3.8) is 0 Å². The normalized spacial score (nSPS) is 20.4. The van der Waals surface area contributed by atoms with Gasteiger partial charge in [0.05, 0.1) is 30.5 Å². The Balaban J connectivity index is 1.93. The molecule has 0 spiro atoms. The van der Waals surface area contributed by atoms with Gasteiger partial charge in [0.15, 0.2) is 5.65 Å². The van der Waals surface area contributed by atoms with E-state index in [9.17, 15) is 0 Å². The largest absolute Gasteiger partial charge is 0.470 e. The molecule has 3 rings (SSSR count). The van der Waals surface area contributed by atoms with Gasteiger partial charge in [-0.3, -0.25) is 5.10 Å². The average Bonchev–Trinajstić information content (AvgIpc) is 2.90. The summed E-state index contributed by atoms with van der Waals surface area (Å²) in [5, 5.41) is 7.70. The van der Waals surface area contributed by atoms with Gasteiger partial charge in [0.2, 0.25) is 5.88 Å². The Kier molecular flexibility index (Phi) is 2.14. The highest BCUT2D eigenvalue weighted by molar-refractivity contribution is 5.83. The first-order valence-corrected chi connectivity index (χ1v) is 5.17. The summed E-state index contributed by atoms with van der Waals surface area (Å²) in [4.78, 5) is 4.12. The van der Waals surface area contributed by atoms with Gasteiger partial charge in [0, 0.05) is 6.42 Å². The molecule has 1 aliphatic rings. The molecule has 2 aromatic rings. The molecule has 0 bridgehead atoms. The molecule has 16 heavy (non-hydrogen) atoms. The fraction of sp³-hybridized carbons (Fsp3) is 0.400. The predicted molar refractivity (Wildman–Crippen MR) is 58.2 cm³/mol. The summed E-state index contributed by atoms with van der Waals surface area (Å²) in [7, 11) is 0. The van der Waals surface area contributed by atoms with Crippen LogP contribution in [0.4, 0.5) is 5.69 Å². The molecule has 3 heterocycles. The van der Waals surface area contributed by atoms with Crippen LogP contribution in [0, 0.1) is 0 Å². The lowest BCUT2D eigenvalue weighted by atomic mass is 10.3. The van der Waals surface area contributed by atoms with Crippen molar-refractivity contribution in [1.82, 2.24) is 15.2 Å². The van der Waals surface area contributed by atoms with Crippen LogP contribution < -0.4 is 10.5 Å². The highest BCUT2D eigenvalue weighted by Crippen LogP contribution is 2.24. The molecular weight excluding hydrogens is 208 g/mol. The second kappa shape index (κ2) is 3.64. The van der Waals surface area contributed by atoms with Gasteiger partial charge in [-0.1, -0.05) is 0 Å². The standard InChI is InChI=1S/C10H12N4O2/c11-6-3-8-9(12-4-6)13-14-10(8)16-7-1-2-15-5-7/h3-4,7H,1-2,5,11H2,(H,12,13,14). The van der Waals surface area contributed by atoms with E-state index in [2.05, 4.69) is 15.2 Å². The number of aromatic amines is 1. The lowest BCUT2D eigenvalue weighted by molar-refractivity contribution is 0.139. The van der Waals surface area contributed by atoms with E-state index in [1.807, 2.05) is 0 Å². The summed E-state index contributed by atoms with van der Waals surface area (Å²) in [5.74, 6) is 0.547. The first kappa shape index (κ1) is 9.41. The van der Waals surface area contributed by atoms with E-state index in [1.165, 1.54) is 0 Å². The molecule has 0 aliphatic carbocycles. The molecule has 0 saturated carbocycles. The third-order valence-electron chi connectivity index (χ3n) is 2.57. The van der Waals surface area contributed by atoms with E-state index in [-0.39, 0.29) is 6.10 Å². The second-order valence-corrected chi connectivity index (χ2v) is 3.80. The Morgan fingerprint density at radius 3 is 3.31 bits per heavy atom. The maximum atomic E-state index is 5.72. The minimum atomic E-state index is 0.0768. The average molecular weight is 220 g/mol. The van der Waals surface area contributed by atoms with Gasteiger partial charge in [0.25, 0.3) is 0 Å². The molecule has 6 heteroatoms. The van der Waals surface area contributed by atoms with Crippen LogP contribution in [0.1, 0.15) is 6.42 Å². The Hall–Kier alpha value is -1.82. The molecule has 0 radical (unpaired) electrons. The van der Waals surface area contributed by atoms with Crippen molar-refractivity contribution in [3.8, 4) is 5.88 Å². The number of nitrogens with one attached hydrogen (secondary N) is 1. The number of fused-ring (bicyclic) bond motifs is 1. The highest BCUT2D eigenvalue weighted by atomic mass is 16.5. The van der Waals surface area contributed by atoms with Crippen molar-refractivity contribution < 1.29 is 9.47 Å². The number of pyridine rings is 1. The van der Waals surface area contributed by atoms with Gasteiger partial charge in [-0.15, -0.1) is 5.10 Å². The van der Waals surface area contributed by atoms with E-state index < -0.39 is 0 Å². The van der Waals surface area contributed by atoms with Crippen LogP contribution in [-0.4, -0.2) is 34.5 Å². The number of nitrogens with two attached hydrogens (primary N) is 1. The highest BCUT2D eigenvalue weighted by Gasteiger charge is 2.19. The van der Waals surface area contributed by atoms with Crippen LogP contribution in [-0.2, 0) is 4.74 Å². The third kappa shape index (κ3) is 1.57. The summed E-state index contributed by atoms with van der Waals surface area (Å²) in [6, 6.07) is 1.80. The van der Waals surface area contributed by atoms with Gasteiger partial charge in [0.1, 0.15) is 6.10 Å². The van der Waals surface area contributed by atoms with Crippen molar-refractivity contribution in [2.45, 2.75) is 12.5 Å². The number of hydrogen-bond acceptors (Lipinski definition) is 5. The number of hydrogen-bond donors (Lipinski definition) is 2. The van der Waals surface area contributed by atoms with Crippen LogP contribution >= 0.6 is 0 Å². The Bertz CT molecular complexity index is 504. The van der Waals surface area contributed by atoms with Crippen molar-refractivity contribution in [2.24, 2.45) is 0 Å². The van der Waals surface area contributed by atoms with Gasteiger partial charge in [-0.25, -0.2) is 4.98 Å². The molecular formula is C10H12N4O2. The maximum Gasteiger partial charge on any atom is 0.242 e. The summed E-state index contributed by atoms with van der Waals surface area (Å²) in [6.07, 6.45) is 2.56.